The number of ether oxygens (including phenoxy) is 1. The standard InChI is InChI=1S/C28H39NO6/c1-14(2)22(25(33)34)29-13-18-16(24(29)32)11-19(30)17-12-28(35-23(17)18)15(3)7-8-20-26(4,5)21(31)9-10-27(20,28)6/h11,14-15,20-22,30-31H,7-10,12-13H2,1-6H3,(H,33,34)/t15-,20-,21+,22-,27-,28-/m1/s1. The van der Waals surface area contributed by atoms with E-state index in [4.69, 9.17) is 4.74 Å². The van der Waals surface area contributed by atoms with Crippen LogP contribution in [0.4, 0.5) is 0 Å². The number of phenolic OH excluding ortho intramolecular Hbond substituents is 1. The summed E-state index contributed by atoms with van der Waals surface area (Å²) in [5, 5.41) is 31.8. The monoisotopic (exact) mass is 485 g/mol. The van der Waals surface area contributed by atoms with Gasteiger partial charge in [0.05, 0.1) is 18.2 Å². The summed E-state index contributed by atoms with van der Waals surface area (Å²) < 4.78 is 7.00. The van der Waals surface area contributed by atoms with Gasteiger partial charge in [0.1, 0.15) is 23.1 Å². The van der Waals surface area contributed by atoms with Crippen molar-refractivity contribution in [2.45, 2.75) is 97.9 Å². The van der Waals surface area contributed by atoms with Crippen LogP contribution in [-0.2, 0) is 17.8 Å². The average Bonchev–Trinajstić information content (AvgIpc) is 3.31. The Labute approximate surface area is 207 Å². The van der Waals surface area contributed by atoms with E-state index in [0.717, 1.165) is 24.8 Å². The Morgan fingerprint density at radius 1 is 1.17 bits per heavy atom. The zero-order valence-electron chi connectivity index (χ0n) is 21.7. The third-order valence-electron chi connectivity index (χ3n) is 10.3. The maximum Gasteiger partial charge on any atom is 0.326 e. The number of benzene rings is 1. The van der Waals surface area contributed by atoms with Crippen LogP contribution in [0.1, 0.15) is 88.7 Å². The van der Waals surface area contributed by atoms with E-state index in [2.05, 4.69) is 27.7 Å². The van der Waals surface area contributed by atoms with Crippen LogP contribution in [0.5, 0.6) is 11.5 Å². The first-order valence-electron chi connectivity index (χ1n) is 13.0. The zero-order chi connectivity index (χ0) is 25.7. The zero-order valence-corrected chi connectivity index (χ0v) is 21.7. The van der Waals surface area contributed by atoms with Crippen molar-refractivity contribution in [3.05, 3.63) is 22.8 Å². The Balaban J connectivity index is 1.59. The summed E-state index contributed by atoms with van der Waals surface area (Å²) in [5.74, 6) is -0.543. The summed E-state index contributed by atoms with van der Waals surface area (Å²) in [6, 6.07) is 0.569. The van der Waals surface area contributed by atoms with Crippen molar-refractivity contribution in [3.63, 3.8) is 0 Å². The van der Waals surface area contributed by atoms with E-state index >= 15 is 0 Å². The summed E-state index contributed by atoms with van der Waals surface area (Å²) >= 11 is 0. The fraction of sp³-hybridized carbons (Fsp3) is 0.714. The molecule has 1 amide bonds. The number of nitrogens with zero attached hydrogens (tertiary/aromatic N) is 1. The Bertz CT molecular complexity index is 1100. The molecule has 6 atom stereocenters. The lowest BCUT2D eigenvalue weighted by atomic mass is 9.43. The van der Waals surface area contributed by atoms with Gasteiger partial charge in [-0.25, -0.2) is 4.79 Å². The van der Waals surface area contributed by atoms with Gasteiger partial charge in [0, 0.05) is 23.0 Å². The number of carboxylic acid groups (broad SMARTS) is 1. The van der Waals surface area contributed by atoms with Gasteiger partial charge in [-0.3, -0.25) is 4.79 Å². The van der Waals surface area contributed by atoms with E-state index in [1.807, 2.05) is 0 Å². The number of aliphatic carboxylic acids is 1. The third-order valence-corrected chi connectivity index (χ3v) is 10.3. The van der Waals surface area contributed by atoms with Gasteiger partial charge in [-0.15, -0.1) is 0 Å². The van der Waals surface area contributed by atoms with Crippen LogP contribution in [0.25, 0.3) is 0 Å². The summed E-state index contributed by atoms with van der Waals surface area (Å²) in [6.07, 6.45) is 3.73. The van der Waals surface area contributed by atoms with E-state index < -0.39 is 17.6 Å². The molecule has 0 bridgehead atoms. The molecule has 0 radical (unpaired) electrons. The fourth-order valence-electron chi connectivity index (χ4n) is 8.29. The van der Waals surface area contributed by atoms with Crippen LogP contribution >= 0.6 is 0 Å². The smallest absolute Gasteiger partial charge is 0.326 e. The highest BCUT2D eigenvalue weighted by molar-refractivity contribution is 6.02. The van der Waals surface area contributed by atoms with E-state index in [0.29, 0.717) is 29.7 Å². The molecule has 2 saturated carbocycles. The maximum absolute atomic E-state index is 13.3. The van der Waals surface area contributed by atoms with Crippen LogP contribution in [0.3, 0.4) is 0 Å². The van der Waals surface area contributed by atoms with Crippen molar-refractivity contribution >= 4 is 11.9 Å². The van der Waals surface area contributed by atoms with Crippen LogP contribution in [0.15, 0.2) is 6.07 Å². The minimum absolute atomic E-state index is 0.0512. The number of rotatable bonds is 3. The quantitative estimate of drug-likeness (QED) is 0.587. The van der Waals surface area contributed by atoms with E-state index in [-0.39, 0.29) is 52.9 Å². The summed E-state index contributed by atoms with van der Waals surface area (Å²) in [7, 11) is 0. The molecule has 0 saturated heterocycles. The predicted molar refractivity (Wildman–Crippen MR) is 130 cm³/mol. The van der Waals surface area contributed by atoms with Crippen molar-refractivity contribution in [1.29, 1.82) is 0 Å². The van der Waals surface area contributed by atoms with Gasteiger partial charge >= 0.3 is 5.97 Å². The molecule has 5 rings (SSSR count). The first kappa shape index (κ1) is 24.4. The number of aliphatic hydroxyl groups is 1. The van der Waals surface area contributed by atoms with Gasteiger partial charge in [-0.2, -0.15) is 0 Å². The molecule has 0 aromatic heterocycles. The lowest BCUT2D eigenvalue weighted by molar-refractivity contribution is -0.210. The Morgan fingerprint density at radius 2 is 1.86 bits per heavy atom. The molecule has 1 aromatic rings. The lowest BCUT2D eigenvalue weighted by Crippen LogP contribution is -2.66. The Hall–Kier alpha value is -2.28. The van der Waals surface area contributed by atoms with Crippen molar-refractivity contribution in [1.82, 2.24) is 4.90 Å². The summed E-state index contributed by atoms with van der Waals surface area (Å²) in [6.45, 7) is 12.6. The lowest BCUT2D eigenvalue weighted by Gasteiger charge is -2.64. The van der Waals surface area contributed by atoms with Crippen LogP contribution in [-0.4, -0.2) is 49.8 Å². The molecule has 2 aliphatic heterocycles. The molecule has 1 spiro atoms. The van der Waals surface area contributed by atoms with E-state index in [9.17, 15) is 24.9 Å². The number of carbonyl (C=O) groups is 2. The normalized spacial score (nSPS) is 36.1. The first-order valence-corrected chi connectivity index (χ1v) is 13.0. The number of fused-ring (bicyclic) bond motifs is 5. The number of phenols is 1. The van der Waals surface area contributed by atoms with Crippen molar-refractivity contribution in [2.75, 3.05) is 0 Å². The molecule has 2 fully saturated rings. The SMILES string of the molecule is CC(C)[C@H](C(=O)O)N1Cc2c(cc(O)c3c2O[C@]2(C3)[C@H](C)CC[C@@H]3C(C)(C)[C@@H](O)CC[C@]32C)C1=O. The third kappa shape index (κ3) is 3.06. The molecular weight excluding hydrogens is 446 g/mol. The highest BCUT2D eigenvalue weighted by atomic mass is 16.5. The van der Waals surface area contributed by atoms with Gasteiger partial charge in [-0.05, 0) is 54.9 Å². The van der Waals surface area contributed by atoms with Crippen LogP contribution in [0, 0.1) is 28.6 Å². The molecule has 1 aromatic carbocycles. The second-order valence-electron chi connectivity index (χ2n) is 12.7. The molecule has 7 heteroatoms. The highest BCUT2D eigenvalue weighted by Crippen LogP contribution is 2.67. The fourth-order valence-corrected chi connectivity index (χ4v) is 8.29. The van der Waals surface area contributed by atoms with Gasteiger partial charge in [0.2, 0.25) is 0 Å². The number of aromatic hydroxyl groups is 1. The molecule has 35 heavy (non-hydrogen) atoms. The summed E-state index contributed by atoms with van der Waals surface area (Å²) in [5.41, 5.74) is 0.751. The van der Waals surface area contributed by atoms with Gasteiger partial charge < -0.3 is 25.0 Å². The number of aliphatic hydroxyl groups excluding tert-OH is 1. The minimum atomic E-state index is -1.03. The van der Waals surface area contributed by atoms with E-state index in [1.165, 1.54) is 11.0 Å². The number of hydrogen-bond donors (Lipinski definition) is 3. The number of carboxylic acids is 1. The Kier molecular flexibility index (Phi) is 5.31. The van der Waals surface area contributed by atoms with Crippen molar-refractivity contribution < 1.29 is 29.6 Å². The number of carbonyl (C=O) groups excluding carboxylic acids is 1. The molecule has 2 heterocycles. The molecule has 4 aliphatic rings. The second kappa shape index (κ2) is 7.61. The first-order chi connectivity index (χ1) is 16.3. The number of amides is 1. The molecule has 7 nitrogen and oxygen atoms in total. The predicted octanol–water partition coefficient (Wildman–Crippen LogP) is 4.36. The average molecular weight is 486 g/mol. The molecule has 192 valence electrons. The molecular formula is C28H39NO6. The minimum Gasteiger partial charge on any atom is -0.508 e. The van der Waals surface area contributed by atoms with Crippen molar-refractivity contribution in [2.24, 2.45) is 28.6 Å². The van der Waals surface area contributed by atoms with Gasteiger partial charge in [0.15, 0.2) is 0 Å². The van der Waals surface area contributed by atoms with Crippen LogP contribution < -0.4 is 4.74 Å². The van der Waals surface area contributed by atoms with Crippen LogP contribution in [0.2, 0.25) is 0 Å². The number of hydrogen-bond acceptors (Lipinski definition) is 5. The van der Waals surface area contributed by atoms with Gasteiger partial charge in [0.25, 0.3) is 5.91 Å². The summed E-state index contributed by atoms with van der Waals surface area (Å²) in [4.78, 5) is 26.7. The van der Waals surface area contributed by atoms with Crippen molar-refractivity contribution in [3.8, 4) is 11.5 Å². The van der Waals surface area contributed by atoms with Gasteiger partial charge in [-0.1, -0.05) is 41.5 Å². The maximum atomic E-state index is 13.3. The molecule has 3 N–H and O–H groups in total. The molecule has 2 aliphatic carbocycles. The molecule has 0 unspecified atom stereocenters. The second-order valence-corrected chi connectivity index (χ2v) is 12.7. The largest absolute Gasteiger partial charge is 0.508 e. The highest BCUT2D eigenvalue weighted by Gasteiger charge is 2.67. The van der Waals surface area contributed by atoms with E-state index in [1.54, 1.807) is 13.8 Å². The Morgan fingerprint density at radius 3 is 2.49 bits per heavy atom. The topological polar surface area (TPSA) is 107 Å².